The van der Waals surface area contributed by atoms with Crippen molar-refractivity contribution >= 4 is 68.2 Å². The summed E-state index contributed by atoms with van der Waals surface area (Å²) in [5, 5.41) is 6.25. The van der Waals surface area contributed by atoms with Gasteiger partial charge in [0.2, 0.25) is 5.82 Å². The van der Waals surface area contributed by atoms with Gasteiger partial charge in [-0.25, -0.2) is 9.78 Å². The minimum atomic E-state index is -0.512. The van der Waals surface area contributed by atoms with E-state index in [0.29, 0.717) is 54.5 Å². The predicted molar refractivity (Wildman–Crippen MR) is 157 cm³/mol. The summed E-state index contributed by atoms with van der Waals surface area (Å²) in [6.45, 7) is 1.95. The van der Waals surface area contributed by atoms with E-state index in [1.165, 1.54) is 18.0 Å². The highest BCUT2D eigenvalue weighted by Crippen LogP contribution is 2.34. The van der Waals surface area contributed by atoms with Gasteiger partial charge in [0.1, 0.15) is 5.58 Å². The first kappa shape index (κ1) is 26.7. The maximum Gasteiger partial charge on any atom is 0.343 e. The molecule has 5 aromatic rings. The first-order valence-electron chi connectivity index (χ1n) is 11.8. The Morgan fingerprint density at radius 2 is 1.97 bits per heavy atom. The summed E-state index contributed by atoms with van der Waals surface area (Å²) in [6.07, 6.45) is 1.52. The lowest BCUT2D eigenvalue weighted by Crippen LogP contribution is -2.20. The molecular weight excluding hydrogens is 637 g/mol. The molecule has 0 fully saturated rings. The normalized spacial score (nSPS) is 11.4. The fourth-order valence-corrected chi connectivity index (χ4v) is 4.86. The summed E-state index contributed by atoms with van der Waals surface area (Å²) in [5.41, 5.74) is 1.40. The number of esters is 1. The number of carbonyl (C=O) groups is 1. The minimum absolute atomic E-state index is 0.236. The summed E-state index contributed by atoms with van der Waals surface area (Å²) >= 11 is 8.23. The van der Waals surface area contributed by atoms with Crippen LogP contribution in [-0.2, 0) is 9.53 Å². The summed E-state index contributed by atoms with van der Waals surface area (Å²) in [5.74, 6) is 0.921. The molecule has 0 bridgehead atoms. The molecule has 0 aliphatic carbocycles. The number of methoxy groups -OCH3 is 1. The zero-order valence-corrected chi connectivity index (χ0v) is 23.7. The van der Waals surface area contributed by atoms with Crippen molar-refractivity contribution in [3.63, 3.8) is 0 Å². The summed E-state index contributed by atoms with van der Waals surface area (Å²) in [4.78, 5) is 29.8. The molecule has 0 unspecified atom stereocenters. The van der Waals surface area contributed by atoms with Gasteiger partial charge in [-0.15, -0.1) is 0 Å². The van der Waals surface area contributed by atoms with Gasteiger partial charge in [0.25, 0.3) is 5.56 Å². The van der Waals surface area contributed by atoms with E-state index in [4.69, 9.17) is 30.5 Å². The standard InChI is InChI=1S/C28H21ClIN3O6/c1-3-37-23-11-16(10-20(30)26(23)38-15-25(34)36-2)14-31-33-27(32-21-7-5-4-6-19(21)28(33)35)24-13-17-12-18(29)8-9-22(17)39-24/h4-14H,3,15H2,1-2H3. The largest absolute Gasteiger partial charge is 0.490 e. The summed E-state index contributed by atoms with van der Waals surface area (Å²) in [7, 11) is 1.29. The highest BCUT2D eigenvalue weighted by molar-refractivity contribution is 14.1. The van der Waals surface area contributed by atoms with Crippen LogP contribution in [0.2, 0.25) is 5.02 Å². The van der Waals surface area contributed by atoms with E-state index >= 15 is 0 Å². The van der Waals surface area contributed by atoms with E-state index in [2.05, 4.69) is 32.4 Å². The van der Waals surface area contributed by atoms with Crippen molar-refractivity contribution < 1.29 is 23.4 Å². The molecule has 2 aromatic heterocycles. The quantitative estimate of drug-likeness (QED) is 0.116. The van der Waals surface area contributed by atoms with Gasteiger partial charge >= 0.3 is 5.97 Å². The van der Waals surface area contributed by atoms with Crippen LogP contribution in [0.4, 0.5) is 0 Å². The second kappa shape index (κ2) is 11.5. The van der Waals surface area contributed by atoms with Gasteiger partial charge in [-0.3, -0.25) is 4.79 Å². The van der Waals surface area contributed by atoms with Crippen LogP contribution in [0.1, 0.15) is 12.5 Å². The van der Waals surface area contributed by atoms with Gasteiger partial charge < -0.3 is 18.6 Å². The van der Waals surface area contributed by atoms with Crippen molar-refractivity contribution in [3.8, 4) is 23.1 Å². The Morgan fingerprint density at radius 3 is 2.77 bits per heavy atom. The lowest BCUT2D eigenvalue weighted by atomic mass is 10.2. The molecule has 5 rings (SSSR count). The van der Waals surface area contributed by atoms with E-state index in [9.17, 15) is 9.59 Å². The monoisotopic (exact) mass is 657 g/mol. The molecule has 11 heteroatoms. The Kier molecular flexibility index (Phi) is 7.84. The van der Waals surface area contributed by atoms with Gasteiger partial charge in [0.05, 0.1) is 34.4 Å². The molecule has 39 heavy (non-hydrogen) atoms. The number of benzene rings is 3. The highest BCUT2D eigenvalue weighted by Gasteiger charge is 2.18. The smallest absolute Gasteiger partial charge is 0.343 e. The third-order valence-electron chi connectivity index (χ3n) is 5.67. The van der Waals surface area contributed by atoms with Gasteiger partial charge in [-0.2, -0.15) is 9.78 Å². The maximum atomic E-state index is 13.5. The third-order valence-corrected chi connectivity index (χ3v) is 6.70. The molecule has 0 radical (unpaired) electrons. The number of furan rings is 1. The van der Waals surface area contributed by atoms with Crippen LogP contribution in [0, 0.1) is 3.57 Å². The molecule has 0 spiro atoms. The third kappa shape index (κ3) is 5.62. The molecule has 0 atom stereocenters. The first-order valence-corrected chi connectivity index (χ1v) is 13.2. The van der Waals surface area contributed by atoms with Crippen molar-refractivity contribution in [2.24, 2.45) is 5.10 Å². The van der Waals surface area contributed by atoms with Crippen LogP contribution in [0.3, 0.4) is 0 Å². The highest BCUT2D eigenvalue weighted by atomic mass is 127. The van der Waals surface area contributed by atoms with E-state index < -0.39 is 5.97 Å². The molecule has 2 heterocycles. The molecule has 0 saturated carbocycles. The number of ether oxygens (including phenoxy) is 3. The van der Waals surface area contributed by atoms with Crippen molar-refractivity contribution in [2.75, 3.05) is 20.3 Å². The van der Waals surface area contributed by atoms with Crippen molar-refractivity contribution in [1.29, 1.82) is 0 Å². The molecule has 0 aliphatic rings. The van der Waals surface area contributed by atoms with Crippen molar-refractivity contribution in [2.45, 2.75) is 6.92 Å². The van der Waals surface area contributed by atoms with E-state index in [0.717, 1.165) is 5.39 Å². The number of fused-ring (bicyclic) bond motifs is 2. The fraction of sp³-hybridized carbons (Fsp3) is 0.143. The summed E-state index contributed by atoms with van der Waals surface area (Å²) in [6, 6.07) is 17.6. The lowest BCUT2D eigenvalue weighted by Gasteiger charge is -2.14. The molecule has 3 aromatic carbocycles. The number of hydrogen-bond donors (Lipinski definition) is 0. The zero-order chi connectivity index (χ0) is 27.5. The molecule has 9 nitrogen and oxygen atoms in total. The minimum Gasteiger partial charge on any atom is -0.490 e. The number of carbonyl (C=O) groups excluding carboxylic acids is 1. The van der Waals surface area contributed by atoms with Crippen LogP contribution in [-0.4, -0.2) is 42.2 Å². The topological polar surface area (TPSA) is 105 Å². The van der Waals surface area contributed by atoms with Gasteiger partial charge in [0, 0.05) is 10.4 Å². The van der Waals surface area contributed by atoms with Gasteiger partial charge in [-0.05, 0) is 83.6 Å². The van der Waals surface area contributed by atoms with E-state index in [1.54, 1.807) is 54.6 Å². The van der Waals surface area contributed by atoms with Crippen LogP contribution in [0.15, 0.2) is 75.0 Å². The Morgan fingerprint density at radius 1 is 1.15 bits per heavy atom. The molecule has 0 aliphatic heterocycles. The summed E-state index contributed by atoms with van der Waals surface area (Å²) < 4.78 is 23.9. The number of aromatic nitrogens is 2. The Balaban J connectivity index is 1.61. The zero-order valence-electron chi connectivity index (χ0n) is 20.8. The average molecular weight is 658 g/mol. The SMILES string of the molecule is CCOc1cc(C=Nn2c(-c3cc4cc(Cl)ccc4o3)nc3ccccc3c2=O)cc(I)c1OCC(=O)OC. The van der Waals surface area contributed by atoms with E-state index in [1.807, 2.05) is 13.0 Å². The van der Waals surface area contributed by atoms with Crippen molar-refractivity contribution in [3.05, 3.63) is 85.2 Å². The van der Waals surface area contributed by atoms with Crippen LogP contribution in [0.5, 0.6) is 11.5 Å². The number of rotatable bonds is 8. The lowest BCUT2D eigenvalue weighted by molar-refractivity contribution is -0.142. The number of nitrogens with zero attached hydrogens (tertiary/aromatic N) is 3. The van der Waals surface area contributed by atoms with Crippen LogP contribution >= 0.6 is 34.2 Å². The molecule has 0 amide bonds. The average Bonchev–Trinajstić information content (AvgIpc) is 3.35. The fourth-order valence-electron chi connectivity index (χ4n) is 3.89. The Bertz CT molecular complexity index is 1800. The van der Waals surface area contributed by atoms with Gasteiger partial charge in [0.15, 0.2) is 23.9 Å². The van der Waals surface area contributed by atoms with Crippen LogP contribution in [0.25, 0.3) is 33.5 Å². The van der Waals surface area contributed by atoms with Crippen LogP contribution < -0.4 is 15.0 Å². The molecule has 0 N–H and O–H groups in total. The second-order valence-corrected chi connectivity index (χ2v) is 9.83. The second-order valence-electron chi connectivity index (χ2n) is 8.23. The Labute approximate surface area is 241 Å². The molecule has 0 saturated heterocycles. The maximum absolute atomic E-state index is 13.5. The molecular formula is C28H21ClIN3O6. The Hall–Kier alpha value is -3.90. The predicted octanol–water partition coefficient (Wildman–Crippen LogP) is 5.90. The van der Waals surface area contributed by atoms with E-state index in [-0.39, 0.29) is 18.0 Å². The van der Waals surface area contributed by atoms with Gasteiger partial charge in [-0.1, -0.05) is 23.7 Å². The number of halogens is 2. The number of hydrogen-bond acceptors (Lipinski definition) is 8. The number of para-hydroxylation sites is 1. The van der Waals surface area contributed by atoms with Crippen molar-refractivity contribution in [1.82, 2.24) is 9.66 Å². The molecule has 198 valence electrons. The first-order chi connectivity index (χ1) is 18.9.